The number of ether oxygens (including phenoxy) is 2. The maximum Gasteiger partial charge on any atom is 0.338 e. The molecule has 2 aromatic heterocycles. The van der Waals surface area contributed by atoms with Gasteiger partial charge in [0, 0.05) is 32.5 Å². The van der Waals surface area contributed by atoms with E-state index in [0.717, 1.165) is 43.9 Å². The van der Waals surface area contributed by atoms with Crippen molar-refractivity contribution in [2.24, 2.45) is 0 Å². The summed E-state index contributed by atoms with van der Waals surface area (Å²) < 4.78 is 13.7. The molecule has 8 rings (SSSR count). The Labute approximate surface area is 429 Å². The molecule has 0 saturated carbocycles. The van der Waals surface area contributed by atoms with Crippen molar-refractivity contribution in [3.63, 3.8) is 0 Å². The Kier molecular flexibility index (Phi) is 19.1. The zero-order chi connectivity index (χ0) is 50.0. The van der Waals surface area contributed by atoms with E-state index in [1.807, 2.05) is 95.8 Å². The number of hydrogen-bond acceptors (Lipinski definition) is 14. The van der Waals surface area contributed by atoms with Gasteiger partial charge in [-0.05, 0) is 129 Å². The molecule has 0 fully saturated rings. The SMILES string of the molecule is CCOC(=O)c1ccc(NC(=O)CSc2nnc(CSc3ccccc3)n2-c2cccc(C)c2)cc1.COC(=O)c1ccc(NC(=O)CSc2nnc(CSc3ccccc3)n2-c2cccc(C)c2)cc1. The number of thioether (sulfide) groups is 4. The number of rotatable bonds is 19. The summed E-state index contributed by atoms with van der Waals surface area (Å²) in [4.78, 5) is 50.9. The zero-order valence-corrected chi connectivity index (χ0v) is 42.6. The second-order valence-electron chi connectivity index (χ2n) is 15.4. The number of benzene rings is 6. The van der Waals surface area contributed by atoms with Crippen LogP contribution in [-0.2, 0) is 30.6 Å². The molecule has 0 saturated heterocycles. The maximum atomic E-state index is 12.6. The van der Waals surface area contributed by atoms with Crippen molar-refractivity contribution in [1.29, 1.82) is 0 Å². The van der Waals surface area contributed by atoms with Crippen LogP contribution in [0.15, 0.2) is 178 Å². The van der Waals surface area contributed by atoms with Gasteiger partial charge in [-0.2, -0.15) is 0 Å². The first-order valence-corrected chi connectivity index (χ1v) is 26.2. The normalized spacial score (nSPS) is 10.7. The van der Waals surface area contributed by atoms with Gasteiger partial charge in [0.25, 0.3) is 0 Å². The molecule has 18 heteroatoms. The first kappa shape index (κ1) is 51.7. The molecular weight excluding hydrogens is 973 g/mol. The van der Waals surface area contributed by atoms with Gasteiger partial charge in [-0.3, -0.25) is 18.7 Å². The van der Waals surface area contributed by atoms with E-state index in [1.54, 1.807) is 79.0 Å². The fraction of sp³-hybridized carbons (Fsp3) is 0.170. The molecule has 2 amide bonds. The summed E-state index contributed by atoms with van der Waals surface area (Å²) in [5.41, 5.74) is 6.24. The summed E-state index contributed by atoms with van der Waals surface area (Å²) in [7, 11) is 1.33. The van der Waals surface area contributed by atoms with Crippen molar-refractivity contribution in [3.05, 3.63) is 192 Å². The van der Waals surface area contributed by atoms with E-state index >= 15 is 0 Å². The van der Waals surface area contributed by atoms with Gasteiger partial charge in [-0.1, -0.05) is 84.2 Å². The molecular formula is C53H50N8O6S4. The van der Waals surface area contributed by atoms with Crippen molar-refractivity contribution < 1.29 is 28.7 Å². The van der Waals surface area contributed by atoms with E-state index in [1.165, 1.54) is 30.6 Å². The van der Waals surface area contributed by atoms with E-state index in [9.17, 15) is 19.2 Å². The monoisotopic (exact) mass is 1020 g/mol. The molecule has 0 spiro atoms. The molecule has 8 aromatic rings. The van der Waals surface area contributed by atoms with Crippen molar-refractivity contribution in [3.8, 4) is 11.4 Å². The van der Waals surface area contributed by atoms with Crippen LogP contribution in [0.5, 0.6) is 0 Å². The van der Waals surface area contributed by atoms with Gasteiger partial charge in [-0.15, -0.1) is 43.9 Å². The predicted molar refractivity (Wildman–Crippen MR) is 283 cm³/mol. The van der Waals surface area contributed by atoms with Crippen LogP contribution in [0.25, 0.3) is 11.4 Å². The Hall–Kier alpha value is -7.12. The second-order valence-corrected chi connectivity index (χ2v) is 19.4. The Morgan fingerprint density at radius 1 is 0.507 bits per heavy atom. The largest absolute Gasteiger partial charge is 0.465 e. The number of esters is 2. The van der Waals surface area contributed by atoms with Gasteiger partial charge in [0.05, 0.1) is 47.9 Å². The lowest BCUT2D eigenvalue weighted by Gasteiger charge is -2.11. The van der Waals surface area contributed by atoms with Crippen LogP contribution in [0.1, 0.15) is 50.4 Å². The molecule has 0 aliphatic heterocycles. The summed E-state index contributed by atoms with van der Waals surface area (Å²) in [6.07, 6.45) is 0. The molecule has 0 aliphatic carbocycles. The lowest BCUT2D eigenvalue weighted by Crippen LogP contribution is -2.15. The van der Waals surface area contributed by atoms with Crippen LogP contribution in [0.2, 0.25) is 0 Å². The molecule has 2 N–H and O–H groups in total. The van der Waals surface area contributed by atoms with Crippen molar-refractivity contribution in [2.75, 3.05) is 35.9 Å². The highest BCUT2D eigenvalue weighted by Gasteiger charge is 2.19. The van der Waals surface area contributed by atoms with E-state index in [-0.39, 0.29) is 29.3 Å². The van der Waals surface area contributed by atoms with Gasteiger partial charge < -0.3 is 20.1 Å². The first-order valence-electron chi connectivity index (χ1n) is 22.3. The van der Waals surface area contributed by atoms with E-state index in [0.29, 0.717) is 50.9 Å². The molecule has 71 heavy (non-hydrogen) atoms. The van der Waals surface area contributed by atoms with Gasteiger partial charge in [-0.25, -0.2) is 9.59 Å². The van der Waals surface area contributed by atoms with Crippen LogP contribution in [-0.4, -0.2) is 78.5 Å². The molecule has 0 bridgehead atoms. The van der Waals surface area contributed by atoms with Crippen LogP contribution in [0.4, 0.5) is 11.4 Å². The lowest BCUT2D eigenvalue weighted by molar-refractivity contribution is -0.114. The summed E-state index contributed by atoms with van der Waals surface area (Å²) >= 11 is 6.02. The molecule has 14 nitrogen and oxygen atoms in total. The fourth-order valence-corrected chi connectivity index (χ4v) is 9.93. The number of anilines is 2. The number of carbonyl (C=O) groups is 4. The van der Waals surface area contributed by atoms with Crippen molar-refractivity contribution in [1.82, 2.24) is 29.5 Å². The number of aromatic nitrogens is 6. The second kappa shape index (κ2) is 26.2. The minimum Gasteiger partial charge on any atom is -0.465 e. The number of nitrogens with one attached hydrogen (secondary N) is 2. The topological polar surface area (TPSA) is 172 Å². The first-order chi connectivity index (χ1) is 34.6. The number of nitrogens with zero attached hydrogens (tertiary/aromatic N) is 6. The molecule has 0 aliphatic rings. The smallest absolute Gasteiger partial charge is 0.338 e. The Balaban J connectivity index is 0.000000209. The average molecular weight is 1020 g/mol. The number of hydrogen-bond donors (Lipinski definition) is 2. The fourth-order valence-electron chi connectivity index (χ4n) is 6.72. The third kappa shape index (κ3) is 15.2. The highest BCUT2D eigenvalue weighted by Crippen LogP contribution is 2.30. The minimum absolute atomic E-state index is 0.161. The molecule has 0 atom stereocenters. The van der Waals surface area contributed by atoms with Crippen molar-refractivity contribution >= 4 is 82.2 Å². The zero-order valence-electron chi connectivity index (χ0n) is 39.3. The summed E-state index contributed by atoms with van der Waals surface area (Å²) in [5, 5.41) is 24.6. The molecule has 6 aromatic carbocycles. The minimum atomic E-state index is -0.421. The van der Waals surface area contributed by atoms with Gasteiger partial charge >= 0.3 is 11.9 Å². The lowest BCUT2D eigenvalue weighted by atomic mass is 10.2. The highest BCUT2D eigenvalue weighted by molar-refractivity contribution is 8.00. The molecule has 2 heterocycles. The van der Waals surface area contributed by atoms with Gasteiger partial charge in [0.2, 0.25) is 11.8 Å². The van der Waals surface area contributed by atoms with Crippen LogP contribution in [0, 0.1) is 13.8 Å². The van der Waals surface area contributed by atoms with Gasteiger partial charge in [0.1, 0.15) is 11.6 Å². The standard InChI is InChI=1S/C27H26N4O3S2.C26H24N4O3S2/c1-3-34-26(33)20-12-14-21(15-13-20)28-25(32)18-36-27-30-29-24(17-35-23-10-5-4-6-11-23)31(27)22-9-7-8-19(2)16-22;1-18-7-6-8-21(15-18)30-23(16-34-22-9-4-3-5-10-22)28-29-26(30)35-17-24(31)27-20-13-11-19(12-14-20)25(32)33-2/h4-16H,3,17-18H2,1-2H3,(H,28,32);3-15H,16-17H2,1-2H3,(H,27,31). The van der Waals surface area contributed by atoms with Gasteiger partial charge in [0.15, 0.2) is 10.3 Å². The number of aryl methyl sites for hydroxylation is 2. The molecule has 0 radical (unpaired) electrons. The van der Waals surface area contributed by atoms with Crippen LogP contribution < -0.4 is 10.6 Å². The summed E-state index contributed by atoms with van der Waals surface area (Å²) in [6, 6.07) is 49.7. The molecule has 362 valence electrons. The maximum absolute atomic E-state index is 12.6. The Morgan fingerprint density at radius 2 is 0.930 bits per heavy atom. The van der Waals surface area contributed by atoms with E-state index in [2.05, 4.69) is 67.4 Å². The Bertz CT molecular complexity index is 3040. The summed E-state index contributed by atoms with van der Waals surface area (Å²) in [5.74, 6) is 2.07. The third-order valence-corrected chi connectivity index (χ3v) is 14.0. The quantitative estimate of drug-likeness (QED) is 0.0579. The number of carbonyl (C=O) groups excluding carboxylic acids is 4. The average Bonchev–Trinajstić information content (AvgIpc) is 4.01. The third-order valence-electron chi connectivity index (χ3n) is 10.1. The van der Waals surface area contributed by atoms with E-state index < -0.39 is 5.97 Å². The predicted octanol–water partition coefficient (Wildman–Crippen LogP) is 11.2. The highest BCUT2D eigenvalue weighted by atomic mass is 32.2. The van der Waals surface area contributed by atoms with E-state index in [4.69, 9.17) is 9.47 Å². The molecule has 0 unspecified atom stereocenters. The number of methoxy groups -OCH3 is 1. The van der Waals surface area contributed by atoms with Crippen molar-refractivity contribution in [2.45, 2.75) is 52.4 Å². The number of amides is 2. The van der Waals surface area contributed by atoms with Crippen LogP contribution in [0.3, 0.4) is 0 Å². The summed E-state index contributed by atoms with van der Waals surface area (Å²) in [6.45, 7) is 6.15. The Morgan fingerprint density at radius 3 is 1.32 bits per heavy atom. The van der Waals surface area contributed by atoms with Crippen LogP contribution >= 0.6 is 47.0 Å².